The van der Waals surface area contributed by atoms with Crippen LogP contribution >= 0.6 is 11.8 Å². The van der Waals surface area contributed by atoms with E-state index in [1.165, 1.54) is 27.7 Å². The molecule has 4 N–H and O–H groups in total. The Morgan fingerprint density at radius 3 is 2.67 bits per heavy atom. The van der Waals surface area contributed by atoms with E-state index in [0.29, 0.717) is 31.0 Å². The molecule has 3 saturated heterocycles. The van der Waals surface area contributed by atoms with Gasteiger partial charge < -0.3 is 26.0 Å². The van der Waals surface area contributed by atoms with Gasteiger partial charge in [0, 0.05) is 47.7 Å². The Morgan fingerprint density at radius 1 is 1.31 bits per heavy atom. The molecule has 0 radical (unpaired) electrons. The number of nitrogens with zero attached hydrogens (tertiary/aromatic N) is 6. The van der Waals surface area contributed by atoms with Gasteiger partial charge in [0.25, 0.3) is 0 Å². The molecule has 0 bridgehead atoms. The van der Waals surface area contributed by atoms with Crippen molar-refractivity contribution >= 4 is 35.3 Å². The number of ketones is 1. The summed E-state index contributed by atoms with van der Waals surface area (Å²) in [6.07, 6.45) is 3.66. The summed E-state index contributed by atoms with van der Waals surface area (Å²) >= 11 is 1.47. The van der Waals surface area contributed by atoms with E-state index in [0.717, 1.165) is 12.8 Å². The molecule has 0 spiro atoms. The van der Waals surface area contributed by atoms with Crippen molar-refractivity contribution in [2.24, 2.45) is 23.5 Å². The lowest BCUT2D eigenvalue weighted by Gasteiger charge is -2.47. The molecule has 0 aromatic carbocycles. The number of aliphatic carboxylic acids is 1. The van der Waals surface area contributed by atoms with Gasteiger partial charge in [-0.1, -0.05) is 13.8 Å². The average Bonchev–Trinajstić information content (AvgIpc) is 3.59. The maximum atomic E-state index is 13.2. The van der Waals surface area contributed by atoms with Gasteiger partial charge in [-0.2, -0.15) is 0 Å². The van der Waals surface area contributed by atoms with E-state index < -0.39 is 11.9 Å². The first kappa shape index (κ1) is 27.7. The van der Waals surface area contributed by atoms with Gasteiger partial charge in [-0.25, -0.2) is 9.48 Å². The number of nitrogens with one attached hydrogen (secondary N) is 1. The first-order valence-corrected chi connectivity index (χ1v) is 14.4. The summed E-state index contributed by atoms with van der Waals surface area (Å²) < 4.78 is 1.34. The highest BCUT2D eigenvalue weighted by Crippen LogP contribution is 2.53. The van der Waals surface area contributed by atoms with Gasteiger partial charge in [0.15, 0.2) is 5.78 Å². The van der Waals surface area contributed by atoms with Crippen LogP contribution in [0.5, 0.6) is 0 Å². The van der Waals surface area contributed by atoms with Gasteiger partial charge in [0.2, 0.25) is 11.8 Å². The Kier molecular flexibility index (Phi) is 7.55. The predicted octanol–water partition coefficient (Wildman–Crippen LogP) is -0.155. The van der Waals surface area contributed by atoms with Crippen molar-refractivity contribution in [2.75, 3.05) is 19.6 Å². The maximum Gasteiger partial charge on any atom is 0.353 e. The molecule has 6 atom stereocenters. The van der Waals surface area contributed by atoms with Gasteiger partial charge in [-0.15, -0.1) is 16.9 Å². The number of hydrogen-bond acceptors (Lipinski definition) is 10. The van der Waals surface area contributed by atoms with E-state index in [-0.39, 0.29) is 71.0 Å². The first-order chi connectivity index (χ1) is 18.5. The second-order valence-corrected chi connectivity index (χ2v) is 13.0. The number of amides is 2. The maximum absolute atomic E-state index is 13.2. The van der Waals surface area contributed by atoms with Crippen LogP contribution in [-0.4, -0.2) is 101 Å². The van der Waals surface area contributed by atoms with Gasteiger partial charge in [-0.3, -0.25) is 14.4 Å². The van der Waals surface area contributed by atoms with Crippen LogP contribution in [0, 0.1) is 17.8 Å². The van der Waals surface area contributed by atoms with Gasteiger partial charge in [0.1, 0.15) is 18.6 Å². The van der Waals surface area contributed by atoms with Crippen molar-refractivity contribution in [2.45, 2.75) is 75.9 Å². The van der Waals surface area contributed by atoms with Crippen LogP contribution in [0.2, 0.25) is 0 Å². The van der Waals surface area contributed by atoms with Crippen LogP contribution in [0.4, 0.5) is 0 Å². The fourth-order valence-corrected chi connectivity index (χ4v) is 7.85. The average molecular weight is 561 g/mol. The number of carbonyl (C=O) groups is 4. The van der Waals surface area contributed by atoms with Crippen molar-refractivity contribution in [3.63, 3.8) is 0 Å². The Morgan fingerprint density at radius 2 is 2.03 bits per heavy atom. The fraction of sp³-hybridized carbons (Fsp3) is 0.720. The summed E-state index contributed by atoms with van der Waals surface area (Å²) in [5, 5.41) is 24.2. The van der Waals surface area contributed by atoms with Crippen LogP contribution < -0.4 is 11.1 Å². The number of tetrazole rings is 1. The zero-order valence-corrected chi connectivity index (χ0v) is 23.3. The monoisotopic (exact) mass is 560 g/mol. The number of hydrogen-bond donors (Lipinski definition) is 3. The van der Waals surface area contributed by atoms with Crippen LogP contribution in [0.3, 0.4) is 0 Å². The minimum absolute atomic E-state index is 0.0119. The molecule has 39 heavy (non-hydrogen) atoms. The Bertz CT molecular complexity index is 1180. The van der Waals surface area contributed by atoms with E-state index in [2.05, 4.69) is 20.8 Å². The van der Waals surface area contributed by atoms with Gasteiger partial charge in [-0.05, 0) is 42.5 Å². The summed E-state index contributed by atoms with van der Waals surface area (Å²) in [4.78, 5) is 55.1. The van der Waals surface area contributed by atoms with Crippen molar-refractivity contribution in [1.82, 2.24) is 35.3 Å². The summed E-state index contributed by atoms with van der Waals surface area (Å²) in [5.74, 6) is -2.27. The van der Waals surface area contributed by atoms with Crippen LogP contribution in [0.25, 0.3) is 0 Å². The van der Waals surface area contributed by atoms with E-state index >= 15 is 0 Å². The molecule has 4 aliphatic rings. The Balaban J connectivity index is 1.21. The molecule has 1 aromatic heterocycles. The molecule has 2 amide bonds. The molecule has 0 unspecified atom stereocenters. The number of aromatic nitrogens is 4. The number of β-lactam (4-membered cyclic amide) rings is 1. The topological polar surface area (TPSA) is 177 Å². The van der Waals surface area contributed by atoms with E-state index in [1.807, 2.05) is 25.7 Å². The molecule has 5 heterocycles. The Labute approximate surface area is 230 Å². The number of carboxylic acids is 1. The van der Waals surface area contributed by atoms with Crippen molar-refractivity contribution in [3.8, 4) is 0 Å². The number of nitrogens with two attached hydrogens (primary N) is 1. The fourth-order valence-electron chi connectivity index (χ4n) is 6.37. The summed E-state index contributed by atoms with van der Waals surface area (Å²) in [7, 11) is 0. The third-order valence-corrected chi connectivity index (χ3v) is 10.1. The first-order valence-electron chi connectivity index (χ1n) is 13.5. The number of carboxylic acid groups (broad SMARTS) is 1. The second-order valence-electron chi connectivity index (χ2n) is 11.7. The quantitative estimate of drug-likeness (QED) is 0.342. The van der Waals surface area contributed by atoms with E-state index in [1.54, 1.807) is 0 Å². The number of piperidine rings is 1. The molecule has 212 valence electrons. The Hall–Kier alpha value is -2.84. The lowest BCUT2D eigenvalue weighted by atomic mass is 9.73. The third-order valence-electron chi connectivity index (χ3n) is 8.58. The highest BCUT2D eigenvalue weighted by atomic mass is 32.2. The molecule has 3 fully saturated rings. The smallest absolute Gasteiger partial charge is 0.353 e. The number of carbonyl (C=O) groups excluding carboxylic acids is 3. The molecular weight excluding hydrogens is 524 g/mol. The standard InChI is InChI=1S/C25H36N8O5S/c1-13(8-15(34)11-32-12-28-29-30-32)18-19-14(2)21(20(24(37)38)33(19)23(18)36)39-16-9-17(27-10-16)22(35)31-6-4-25(3,26)5-7-31/h12-14,16-19,27H,4-11,26H2,1-3H3,(H,37,38)/t13-,14+,16-,17-,18+,19+/m0/s1. The van der Waals surface area contributed by atoms with Crippen molar-refractivity contribution < 1.29 is 24.3 Å². The SMILES string of the molecule is C[C@@H](CC(=O)Cn1cnnn1)[C@H]1C(=O)N2C(C(=O)O)=C(S[C@@H]3CN[C@H](C(=O)N4CCC(C)(N)CC4)C3)[C@H](C)[C@H]12. The molecule has 1 aromatic rings. The lowest BCUT2D eigenvalue weighted by Crippen LogP contribution is -2.62. The molecular formula is C25H36N8O5S. The van der Waals surface area contributed by atoms with Crippen LogP contribution in [0.15, 0.2) is 16.9 Å². The van der Waals surface area contributed by atoms with E-state index in [9.17, 15) is 24.3 Å². The molecule has 14 heteroatoms. The zero-order chi connectivity index (χ0) is 28.1. The number of Topliss-reactive ketones (excluding diaryl/α,β-unsaturated/α-hetero) is 1. The van der Waals surface area contributed by atoms with Crippen molar-refractivity contribution in [1.29, 1.82) is 0 Å². The predicted molar refractivity (Wildman–Crippen MR) is 141 cm³/mol. The highest BCUT2D eigenvalue weighted by Gasteiger charge is 2.60. The van der Waals surface area contributed by atoms with Crippen LogP contribution in [-0.2, 0) is 25.7 Å². The van der Waals surface area contributed by atoms with Crippen molar-refractivity contribution in [3.05, 3.63) is 16.9 Å². The number of fused-ring (bicyclic) bond motifs is 1. The summed E-state index contributed by atoms with van der Waals surface area (Å²) in [6, 6.07) is -0.611. The minimum Gasteiger partial charge on any atom is -0.477 e. The molecule has 4 aliphatic heterocycles. The van der Waals surface area contributed by atoms with Crippen LogP contribution in [0.1, 0.15) is 46.5 Å². The number of rotatable bonds is 9. The summed E-state index contributed by atoms with van der Waals surface area (Å²) in [6.45, 7) is 7.72. The number of thioether (sulfide) groups is 1. The molecule has 0 aliphatic carbocycles. The molecule has 13 nitrogen and oxygen atoms in total. The number of likely N-dealkylation sites (tertiary alicyclic amines) is 1. The second kappa shape index (κ2) is 10.6. The third kappa shape index (κ3) is 5.33. The minimum atomic E-state index is -1.13. The highest BCUT2D eigenvalue weighted by molar-refractivity contribution is 8.03. The van der Waals surface area contributed by atoms with E-state index in [4.69, 9.17) is 5.73 Å². The molecule has 5 rings (SSSR count). The summed E-state index contributed by atoms with van der Waals surface area (Å²) in [5.41, 5.74) is 6.02. The zero-order valence-electron chi connectivity index (χ0n) is 22.4. The lowest BCUT2D eigenvalue weighted by molar-refractivity contribution is -0.160. The van der Waals surface area contributed by atoms with Gasteiger partial charge >= 0.3 is 5.97 Å². The largest absolute Gasteiger partial charge is 0.477 e. The van der Waals surface area contributed by atoms with Gasteiger partial charge in [0.05, 0.1) is 18.0 Å². The normalized spacial score (nSPS) is 30.8. The molecule has 0 saturated carbocycles.